The fraction of sp³-hybridized carbons (Fsp3) is 0.300. The molecule has 1 saturated heterocycles. The molecule has 0 unspecified atom stereocenters. The van der Waals surface area contributed by atoms with Crippen molar-refractivity contribution in [1.29, 1.82) is 0 Å². The molecule has 0 amide bonds. The molecule has 1 aromatic rings. The Morgan fingerprint density at radius 1 is 1.18 bits per heavy atom. The quantitative estimate of drug-likeness (QED) is 0.617. The minimum Gasteiger partial charge on any atom is -0.294 e. The van der Waals surface area contributed by atoms with Crippen molar-refractivity contribution in [2.45, 2.75) is 13.0 Å². The zero-order valence-corrected chi connectivity index (χ0v) is 6.53. The minimum atomic E-state index is 1.08. The fourth-order valence-electron chi connectivity index (χ4n) is 1.27. The maximum Gasteiger partial charge on any atom is 0.0267 e. The summed E-state index contributed by atoms with van der Waals surface area (Å²) in [6.07, 6.45) is 1.26. The van der Waals surface area contributed by atoms with Crippen LogP contribution in [0.4, 0.5) is 0 Å². The van der Waals surface area contributed by atoms with Crippen LogP contribution in [0, 0.1) is 6.54 Å². The summed E-state index contributed by atoms with van der Waals surface area (Å²) in [6, 6.07) is 10.6. The third-order valence-electron chi connectivity index (χ3n) is 2.03. The summed E-state index contributed by atoms with van der Waals surface area (Å²) < 4.78 is 0. The molecule has 1 aliphatic heterocycles. The largest absolute Gasteiger partial charge is 0.294 e. The lowest BCUT2D eigenvalue weighted by molar-refractivity contribution is 0.237. The lowest BCUT2D eigenvalue weighted by atomic mass is 10.1. The van der Waals surface area contributed by atoms with Crippen LogP contribution in [-0.2, 0) is 6.54 Å². The average Bonchev–Trinajstić information content (AvgIpc) is 1.99. The van der Waals surface area contributed by atoms with Crippen molar-refractivity contribution in [2.24, 2.45) is 0 Å². The van der Waals surface area contributed by atoms with Crippen molar-refractivity contribution < 1.29 is 0 Å². The molecular weight excluding hydrogens is 134 g/mol. The van der Waals surface area contributed by atoms with Gasteiger partial charge in [-0.3, -0.25) is 4.90 Å². The van der Waals surface area contributed by atoms with Gasteiger partial charge in [-0.1, -0.05) is 30.3 Å². The Morgan fingerprint density at radius 3 is 2.45 bits per heavy atom. The number of nitrogens with zero attached hydrogens (tertiary/aromatic N) is 1. The van der Waals surface area contributed by atoms with E-state index >= 15 is 0 Å². The van der Waals surface area contributed by atoms with Gasteiger partial charge in [0.25, 0.3) is 0 Å². The van der Waals surface area contributed by atoms with Crippen LogP contribution in [0.2, 0.25) is 0 Å². The first-order chi connectivity index (χ1) is 5.45. The maximum atomic E-state index is 2.34. The van der Waals surface area contributed by atoms with Crippen LogP contribution in [0.3, 0.4) is 0 Å². The van der Waals surface area contributed by atoms with E-state index in [0.29, 0.717) is 0 Å². The van der Waals surface area contributed by atoms with Crippen LogP contribution in [-0.4, -0.2) is 11.4 Å². The molecule has 1 radical (unpaired) electrons. The summed E-state index contributed by atoms with van der Waals surface area (Å²) in [4.78, 5) is 2.34. The molecule has 1 aromatic carbocycles. The van der Waals surface area contributed by atoms with Crippen LogP contribution < -0.4 is 0 Å². The van der Waals surface area contributed by atoms with Crippen LogP contribution in [0.5, 0.6) is 0 Å². The van der Waals surface area contributed by atoms with Gasteiger partial charge in [0.15, 0.2) is 0 Å². The molecule has 1 heterocycles. The van der Waals surface area contributed by atoms with Gasteiger partial charge in [0.1, 0.15) is 0 Å². The first kappa shape index (κ1) is 6.86. The summed E-state index contributed by atoms with van der Waals surface area (Å²) >= 11 is 0. The number of rotatable bonds is 2. The van der Waals surface area contributed by atoms with Crippen LogP contribution in [0.15, 0.2) is 30.3 Å². The molecule has 0 saturated carbocycles. The van der Waals surface area contributed by atoms with E-state index in [0.717, 1.165) is 6.54 Å². The van der Waals surface area contributed by atoms with Gasteiger partial charge in [0, 0.05) is 19.6 Å². The van der Waals surface area contributed by atoms with Gasteiger partial charge in [-0.2, -0.15) is 0 Å². The molecule has 0 bridgehead atoms. The van der Waals surface area contributed by atoms with E-state index in [4.69, 9.17) is 0 Å². The Bertz CT molecular complexity index is 214. The number of benzene rings is 1. The van der Waals surface area contributed by atoms with Gasteiger partial charge in [0.2, 0.25) is 0 Å². The SMILES string of the molecule is [CH]1CCN1Cc1ccccc1. The Morgan fingerprint density at radius 2 is 1.91 bits per heavy atom. The topological polar surface area (TPSA) is 3.24 Å². The summed E-state index contributed by atoms with van der Waals surface area (Å²) in [5.74, 6) is 0. The van der Waals surface area contributed by atoms with Gasteiger partial charge in [-0.05, 0) is 12.0 Å². The van der Waals surface area contributed by atoms with Gasteiger partial charge in [-0.25, -0.2) is 0 Å². The van der Waals surface area contributed by atoms with E-state index in [2.05, 4.69) is 41.8 Å². The highest BCUT2D eigenvalue weighted by atomic mass is 15.2. The summed E-state index contributed by atoms with van der Waals surface area (Å²) in [7, 11) is 0. The molecule has 0 aromatic heterocycles. The van der Waals surface area contributed by atoms with Gasteiger partial charge >= 0.3 is 0 Å². The Kier molecular flexibility index (Phi) is 1.91. The molecular formula is C10H12N. The predicted molar refractivity (Wildman–Crippen MR) is 45.8 cm³/mol. The third kappa shape index (κ3) is 1.60. The highest BCUT2D eigenvalue weighted by molar-refractivity contribution is 5.15. The fourth-order valence-corrected chi connectivity index (χ4v) is 1.27. The molecule has 0 N–H and O–H groups in total. The first-order valence-corrected chi connectivity index (χ1v) is 4.06. The van der Waals surface area contributed by atoms with Crippen LogP contribution in [0.1, 0.15) is 12.0 Å². The molecule has 1 aliphatic rings. The summed E-state index contributed by atoms with van der Waals surface area (Å²) in [5, 5.41) is 0. The molecule has 57 valence electrons. The lowest BCUT2D eigenvalue weighted by Crippen LogP contribution is -2.31. The first-order valence-electron chi connectivity index (χ1n) is 4.06. The maximum absolute atomic E-state index is 2.34. The molecule has 2 rings (SSSR count). The smallest absolute Gasteiger partial charge is 0.0267 e. The van der Waals surface area contributed by atoms with E-state index in [1.165, 1.54) is 18.5 Å². The predicted octanol–water partition coefficient (Wildman–Crippen LogP) is 2.05. The Hall–Kier alpha value is -0.820. The molecule has 1 fully saturated rings. The zero-order valence-electron chi connectivity index (χ0n) is 6.53. The standard InChI is InChI=1S/C10H12N/c1-2-5-10(6-3-1)9-11-7-4-8-11/h1-3,5-7H,4,8-9H2. The Balaban J connectivity index is 1.95. The highest BCUT2D eigenvalue weighted by Gasteiger charge is 2.13. The van der Waals surface area contributed by atoms with Crippen molar-refractivity contribution in [2.75, 3.05) is 6.54 Å². The summed E-state index contributed by atoms with van der Waals surface area (Å²) in [5.41, 5.74) is 1.41. The van der Waals surface area contributed by atoms with Crippen molar-refractivity contribution in [3.05, 3.63) is 42.4 Å². The number of hydrogen-bond acceptors (Lipinski definition) is 1. The van der Waals surface area contributed by atoms with E-state index in [1.54, 1.807) is 0 Å². The van der Waals surface area contributed by atoms with Crippen molar-refractivity contribution in [1.82, 2.24) is 4.90 Å². The minimum absolute atomic E-state index is 1.08. The molecule has 1 heteroatoms. The molecule has 11 heavy (non-hydrogen) atoms. The van der Waals surface area contributed by atoms with Gasteiger partial charge in [0.05, 0.1) is 0 Å². The molecule has 1 nitrogen and oxygen atoms in total. The summed E-state index contributed by atoms with van der Waals surface area (Å²) in [6.45, 7) is 4.57. The number of likely N-dealkylation sites (tertiary alicyclic amines) is 1. The van der Waals surface area contributed by atoms with Crippen molar-refractivity contribution in [3.8, 4) is 0 Å². The van der Waals surface area contributed by atoms with E-state index in [1.807, 2.05) is 0 Å². The zero-order chi connectivity index (χ0) is 7.52. The second kappa shape index (κ2) is 3.05. The second-order valence-corrected chi connectivity index (χ2v) is 2.93. The average molecular weight is 146 g/mol. The Labute approximate surface area is 67.6 Å². The van der Waals surface area contributed by atoms with Crippen LogP contribution in [0.25, 0.3) is 0 Å². The molecule has 0 spiro atoms. The highest BCUT2D eigenvalue weighted by Crippen LogP contribution is 2.15. The van der Waals surface area contributed by atoms with E-state index in [9.17, 15) is 0 Å². The van der Waals surface area contributed by atoms with Crippen molar-refractivity contribution >= 4 is 0 Å². The van der Waals surface area contributed by atoms with E-state index in [-0.39, 0.29) is 0 Å². The third-order valence-corrected chi connectivity index (χ3v) is 2.03. The van der Waals surface area contributed by atoms with Gasteiger partial charge < -0.3 is 0 Å². The lowest BCUT2D eigenvalue weighted by Gasteiger charge is -2.29. The normalized spacial score (nSPS) is 17.8. The monoisotopic (exact) mass is 146 g/mol. The van der Waals surface area contributed by atoms with Crippen LogP contribution >= 0.6 is 0 Å². The van der Waals surface area contributed by atoms with Crippen molar-refractivity contribution in [3.63, 3.8) is 0 Å². The number of hydrogen-bond donors (Lipinski definition) is 0. The van der Waals surface area contributed by atoms with E-state index < -0.39 is 0 Å². The molecule has 0 atom stereocenters. The van der Waals surface area contributed by atoms with Gasteiger partial charge in [-0.15, -0.1) is 0 Å². The second-order valence-electron chi connectivity index (χ2n) is 2.93. The molecule has 0 aliphatic carbocycles.